The molecule has 0 atom stereocenters. The first-order chi connectivity index (χ1) is 15.5. The Hall–Kier alpha value is -4.05. The highest BCUT2D eigenvalue weighted by atomic mass is 19.1. The molecule has 9 nitrogen and oxygen atoms in total. The van der Waals surface area contributed by atoms with Gasteiger partial charge in [-0.3, -0.25) is 14.0 Å². The van der Waals surface area contributed by atoms with Crippen LogP contribution in [0.2, 0.25) is 0 Å². The predicted molar refractivity (Wildman–Crippen MR) is 118 cm³/mol. The SMILES string of the molecule is C=CC(=O)Nc1ccc2c(c1)c(C)cn2-c1nc(Nc2cnn(C3COC3)c2)ncc1F. The molecule has 1 saturated heterocycles. The van der Waals surface area contributed by atoms with Gasteiger partial charge in [-0.15, -0.1) is 0 Å². The van der Waals surface area contributed by atoms with E-state index >= 15 is 0 Å². The second-order valence-corrected chi connectivity index (χ2v) is 7.50. The van der Waals surface area contributed by atoms with Gasteiger partial charge in [0.05, 0.1) is 42.9 Å². The number of nitrogens with zero attached hydrogens (tertiary/aromatic N) is 5. The number of carbonyl (C=O) groups is 1. The summed E-state index contributed by atoms with van der Waals surface area (Å²) in [5.41, 5.74) is 2.99. The van der Waals surface area contributed by atoms with Crippen LogP contribution >= 0.6 is 0 Å². The van der Waals surface area contributed by atoms with E-state index in [1.165, 1.54) is 6.08 Å². The third kappa shape index (κ3) is 3.60. The third-order valence-electron chi connectivity index (χ3n) is 5.26. The average molecular weight is 433 g/mol. The number of fused-ring (bicyclic) bond motifs is 1. The number of anilines is 3. The minimum Gasteiger partial charge on any atom is -0.377 e. The van der Waals surface area contributed by atoms with Crippen LogP contribution in [0.25, 0.3) is 16.7 Å². The van der Waals surface area contributed by atoms with Gasteiger partial charge in [0, 0.05) is 23.5 Å². The number of benzene rings is 1. The van der Waals surface area contributed by atoms with Crippen LogP contribution in [0.1, 0.15) is 11.6 Å². The number of nitrogens with one attached hydrogen (secondary N) is 2. The Bertz CT molecular complexity index is 1340. The van der Waals surface area contributed by atoms with Gasteiger partial charge in [-0.05, 0) is 36.8 Å². The number of ether oxygens (including phenoxy) is 1. The van der Waals surface area contributed by atoms with E-state index in [1.54, 1.807) is 29.1 Å². The molecule has 32 heavy (non-hydrogen) atoms. The first-order valence-corrected chi connectivity index (χ1v) is 9.99. The Morgan fingerprint density at radius 2 is 2.12 bits per heavy atom. The first kappa shape index (κ1) is 19.9. The quantitative estimate of drug-likeness (QED) is 0.452. The van der Waals surface area contributed by atoms with Crippen molar-refractivity contribution in [1.29, 1.82) is 0 Å². The van der Waals surface area contributed by atoms with Crippen molar-refractivity contribution in [2.24, 2.45) is 0 Å². The second-order valence-electron chi connectivity index (χ2n) is 7.50. The van der Waals surface area contributed by atoms with Gasteiger partial charge >= 0.3 is 0 Å². The lowest BCUT2D eigenvalue weighted by molar-refractivity contribution is -0.111. The van der Waals surface area contributed by atoms with Crippen molar-refractivity contribution in [1.82, 2.24) is 24.3 Å². The van der Waals surface area contributed by atoms with Gasteiger partial charge in [-0.25, -0.2) is 9.37 Å². The molecule has 0 bridgehead atoms. The summed E-state index contributed by atoms with van der Waals surface area (Å²) in [4.78, 5) is 20.1. The standard InChI is InChI=1S/C22H20FN7O2/c1-3-20(31)26-14-4-5-19-17(6-14)13(2)9-29(19)21-18(23)8-24-22(28-21)27-15-7-25-30(10-15)16-11-32-12-16/h3-10,16H,1,11-12H2,2H3,(H,26,31)(H,24,27,28). The maximum atomic E-state index is 14.7. The van der Waals surface area contributed by atoms with E-state index in [9.17, 15) is 9.18 Å². The van der Waals surface area contributed by atoms with Crippen molar-refractivity contribution in [2.45, 2.75) is 13.0 Å². The molecule has 0 saturated carbocycles. The molecule has 4 aromatic rings. The molecule has 1 amide bonds. The Morgan fingerprint density at radius 1 is 1.28 bits per heavy atom. The molecule has 3 aromatic heterocycles. The lowest BCUT2D eigenvalue weighted by atomic mass is 10.2. The summed E-state index contributed by atoms with van der Waals surface area (Å²) < 4.78 is 23.4. The van der Waals surface area contributed by atoms with E-state index in [0.717, 1.165) is 22.7 Å². The molecule has 1 fully saturated rings. The molecule has 0 spiro atoms. The molecule has 1 aliphatic heterocycles. The van der Waals surface area contributed by atoms with Crippen LogP contribution in [-0.4, -0.2) is 43.4 Å². The van der Waals surface area contributed by atoms with Gasteiger partial charge in [0.25, 0.3) is 0 Å². The van der Waals surface area contributed by atoms with E-state index in [2.05, 4.69) is 32.3 Å². The lowest BCUT2D eigenvalue weighted by Gasteiger charge is -2.25. The zero-order valence-corrected chi connectivity index (χ0v) is 17.2. The smallest absolute Gasteiger partial charge is 0.247 e. The highest BCUT2D eigenvalue weighted by Gasteiger charge is 2.21. The summed E-state index contributed by atoms with van der Waals surface area (Å²) in [5, 5.41) is 11.0. The van der Waals surface area contributed by atoms with Gasteiger partial charge in [0.1, 0.15) is 0 Å². The van der Waals surface area contributed by atoms with Gasteiger partial charge in [0.2, 0.25) is 11.9 Å². The number of aryl methyl sites for hydroxylation is 1. The Morgan fingerprint density at radius 3 is 2.88 bits per heavy atom. The molecule has 10 heteroatoms. The van der Waals surface area contributed by atoms with Crippen LogP contribution in [0.5, 0.6) is 0 Å². The maximum absolute atomic E-state index is 14.7. The van der Waals surface area contributed by atoms with E-state index in [0.29, 0.717) is 24.6 Å². The summed E-state index contributed by atoms with van der Waals surface area (Å²) in [6.45, 7) is 6.64. The van der Waals surface area contributed by atoms with E-state index in [4.69, 9.17) is 4.74 Å². The monoisotopic (exact) mass is 433 g/mol. The molecule has 1 aliphatic rings. The van der Waals surface area contributed by atoms with Crippen LogP contribution in [0.4, 0.5) is 21.7 Å². The predicted octanol–water partition coefficient (Wildman–Crippen LogP) is 3.50. The van der Waals surface area contributed by atoms with Gasteiger partial charge in [-0.2, -0.15) is 10.1 Å². The molecule has 0 unspecified atom stereocenters. The summed E-state index contributed by atoms with van der Waals surface area (Å²) in [5.74, 6) is -0.491. The Kier molecular flexibility index (Phi) is 4.91. The average Bonchev–Trinajstić information content (AvgIpc) is 3.32. The largest absolute Gasteiger partial charge is 0.377 e. The van der Waals surface area contributed by atoms with Crippen molar-refractivity contribution >= 4 is 34.1 Å². The van der Waals surface area contributed by atoms with Crippen molar-refractivity contribution < 1.29 is 13.9 Å². The van der Waals surface area contributed by atoms with Gasteiger partial charge < -0.3 is 15.4 Å². The number of rotatable bonds is 6. The number of hydrogen-bond donors (Lipinski definition) is 2. The number of aromatic nitrogens is 5. The molecule has 2 N–H and O–H groups in total. The normalized spacial score (nSPS) is 13.7. The first-order valence-electron chi connectivity index (χ1n) is 9.99. The highest BCUT2D eigenvalue weighted by Crippen LogP contribution is 2.28. The third-order valence-corrected chi connectivity index (χ3v) is 5.26. The number of hydrogen-bond acceptors (Lipinski definition) is 6. The fourth-order valence-electron chi connectivity index (χ4n) is 3.54. The Balaban J connectivity index is 1.47. The lowest BCUT2D eigenvalue weighted by Crippen LogP contribution is -2.30. The van der Waals surface area contributed by atoms with Crippen molar-refractivity contribution in [3.63, 3.8) is 0 Å². The highest BCUT2D eigenvalue weighted by molar-refractivity contribution is 6.00. The fourth-order valence-corrected chi connectivity index (χ4v) is 3.54. The summed E-state index contributed by atoms with van der Waals surface area (Å²) >= 11 is 0. The number of carbonyl (C=O) groups excluding carboxylic acids is 1. The molecular weight excluding hydrogens is 413 g/mol. The zero-order valence-electron chi connectivity index (χ0n) is 17.2. The summed E-state index contributed by atoms with van der Waals surface area (Å²) in [6.07, 6.45) is 7.64. The minimum atomic E-state index is -0.557. The molecule has 0 aliphatic carbocycles. The second kappa shape index (κ2) is 7.89. The fraction of sp³-hybridized carbons (Fsp3) is 0.182. The van der Waals surface area contributed by atoms with Crippen LogP contribution in [0, 0.1) is 12.7 Å². The minimum absolute atomic E-state index is 0.114. The van der Waals surface area contributed by atoms with E-state index in [1.807, 2.05) is 23.9 Å². The summed E-state index contributed by atoms with van der Waals surface area (Å²) in [7, 11) is 0. The van der Waals surface area contributed by atoms with Crippen molar-refractivity contribution in [3.05, 3.63) is 67.0 Å². The topological polar surface area (TPSA) is 98.9 Å². The van der Waals surface area contributed by atoms with Crippen LogP contribution in [-0.2, 0) is 9.53 Å². The number of amides is 1. The molecule has 162 valence electrons. The van der Waals surface area contributed by atoms with Gasteiger partial charge in [0.15, 0.2) is 11.6 Å². The maximum Gasteiger partial charge on any atom is 0.247 e. The van der Waals surface area contributed by atoms with Crippen molar-refractivity contribution in [2.75, 3.05) is 23.8 Å². The van der Waals surface area contributed by atoms with Crippen molar-refractivity contribution in [3.8, 4) is 5.82 Å². The van der Waals surface area contributed by atoms with E-state index in [-0.39, 0.29) is 23.7 Å². The molecule has 0 radical (unpaired) electrons. The molecular formula is C22H20FN7O2. The number of halogens is 1. The Labute approximate surface area is 182 Å². The van der Waals surface area contributed by atoms with Crippen LogP contribution in [0.15, 0.2) is 55.6 Å². The van der Waals surface area contributed by atoms with E-state index < -0.39 is 5.82 Å². The molecule has 1 aromatic carbocycles. The summed E-state index contributed by atoms with van der Waals surface area (Å²) in [6, 6.07) is 5.61. The van der Waals surface area contributed by atoms with Crippen LogP contribution < -0.4 is 10.6 Å². The van der Waals surface area contributed by atoms with Gasteiger partial charge in [-0.1, -0.05) is 6.58 Å². The zero-order chi connectivity index (χ0) is 22.2. The van der Waals surface area contributed by atoms with Crippen LogP contribution in [0.3, 0.4) is 0 Å². The molecule has 5 rings (SSSR count). The molecule has 4 heterocycles.